The summed E-state index contributed by atoms with van der Waals surface area (Å²) in [6, 6.07) is -4.85. The van der Waals surface area contributed by atoms with E-state index in [1.807, 2.05) is 0 Å². The van der Waals surface area contributed by atoms with Gasteiger partial charge in [0.15, 0.2) is 11.9 Å². The van der Waals surface area contributed by atoms with E-state index in [0.717, 1.165) is 0 Å². The standard InChI is InChI=1S/C21H42N10O6/c1-10(2)14(19(36)37)30-17(34)13(7-5-9-28-21(25)26)29-18(35)15(11(3)32)31-16(33)12(22)6-4-8-27-20(23)24/h10-15,32H,4-9,22H2,1-3H3,(H,29,35)(H,30,34)(H,31,33)(H,36,37)(H4,23,24,27)(H4,25,26,28). The Balaban J connectivity index is 5.45. The van der Waals surface area contributed by atoms with E-state index in [1.54, 1.807) is 13.8 Å². The first-order valence-electron chi connectivity index (χ1n) is 11.9. The zero-order valence-electron chi connectivity index (χ0n) is 21.5. The molecule has 0 aliphatic rings. The first kappa shape index (κ1) is 33.3. The van der Waals surface area contributed by atoms with Crippen molar-refractivity contribution in [1.29, 1.82) is 0 Å². The van der Waals surface area contributed by atoms with Gasteiger partial charge in [-0.2, -0.15) is 0 Å². The summed E-state index contributed by atoms with van der Waals surface area (Å²) in [6.07, 6.45) is -0.425. The Morgan fingerprint density at radius 1 is 0.757 bits per heavy atom. The van der Waals surface area contributed by atoms with Crippen molar-refractivity contribution in [2.24, 2.45) is 44.6 Å². The molecule has 5 atom stereocenters. The van der Waals surface area contributed by atoms with Crippen LogP contribution < -0.4 is 44.6 Å². The van der Waals surface area contributed by atoms with Gasteiger partial charge in [0.2, 0.25) is 17.7 Å². The number of carboxylic acids is 1. The Hall–Kier alpha value is -3.66. The maximum absolute atomic E-state index is 13.0. The van der Waals surface area contributed by atoms with E-state index in [4.69, 9.17) is 28.7 Å². The quantitative estimate of drug-likeness (QED) is 0.0490. The van der Waals surface area contributed by atoms with Crippen LogP contribution in [0.5, 0.6) is 0 Å². The summed E-state index contributed by atoms with van der Waals surface area (Å²) in [5.41, 5.74) is 26.9. The second-order valence-corrected chi connectivity index (χ2v) is 8.86. The smallest absolute Gasteiger partial charge is 0.326 e. The zero-order chi connectivity index (χ0) is 28.7. The molecule has 0 heterocycles. The van der Waals surface area contributed by atoms with E-state index < -0.39 is 59.9 Å². The topological polar surface area (TPSA) is 300 Å². The molecule has 0 radical (unpaired) electrons. The molecule has 16 nitrogen and oxygen atoms in total. The number of rotatable bonds is 17. The van der Waals surface area contributed by atoms with E-state index in [2.05, 4.69) is 25.9 Å². The van der Waals surface area contributed by atoms with Crippen molar-refractivity contribution in [3.05, 3.63) is 0 Å². The number of aliphatic hydroxyl groups excluding tert-OH is 1. The highest BCUT2D eigenvalue weighted by molar-refractivity contribution is 5.94. The first-order valence-corrected chi connectivity index (χ1v) is 11.9. The molecular weight excluding hydrogens is 488 g/mol. The average Bonchev–Trinajstić information content (AvgIpc) is 2.78. The van der Waals surface area contributed by atoms with Crippen LogP contribution in [0.25, 0.3) is 0 Å². The molecule has 0 saturated carbocycles. The lowest BCUT2D eigenvalue weighted by Gasteiger charge is -2.27. The number of nitrogens with two attached hydrogens (primary N) is 5. The van der Waals surface area contributed by atoms with E-state index in [0.29, 0.717) is 6.42 Å². The minimum absolute atomic E-state index is 0.0452. The molecule has 212 valence electrons. The molecule has 0 bridgehead atoms. The molecule has 0 aliphatic heterocycles. The highest BCUT2D eigenvalue weighted by Gasteiger charge is 2.32. The molecule has 0 saturated heterocycles. The Morgan fingerprint density at radius 2 is 1.24 bits per heavy atom. The fourth-order valence-electron chi connectivity index (χ4n) is 3.12. The molecule has 37 heavy (non-hydrogen) atoms. The second-order valence-electron chi connectivity index (χ2n) is 8.86. The van der Waals surface area contributed by atoms with Crippen LogP contribution in [0.15, 0.2) is 9.98 Å². The number of carbonyl (C=O) groups excluding carboxylic acids is 3. The molecule has 15 N–H and O–H groups in total. The van der Waals surface area contributed by atoms with Crippen LogP contribution in [0, 0.1) is 5.92 Å². The maximum atomic E-state index is 13.0. The van der Waals surface area contributed by atoms with Crippen molar-refractivity contribution in [2.45, 2.75) is 76.7 Å². The summed E-state index contributed by atoms with van der Waals surface area (Å²) in [6.45, 7) is 4.92. The number of hydrogen-bond donors (Lipinski definition) is 10. The molecule has 0 aromatic rings. The van der Waals surface area contributed by atoms with Crippen molar-refractivity contribution in [3.63, 3.8) is 0 Å². The van der Waals surface area contributed by atoms with Crippen LogP contribution >= 0.6 is 0 Å². The van der Waals surface area contributed by atoms with Gasteiger partial charge in [0, 0.05) is 13.1 Å². The number of aliphatic hydroxyl groups is 1. The first-order chi connectivity index (χ1) is 17.2. The van der Waals surface area contributed by atoms with E-state index in [9.17, 15) is 29.4 Å². The van der Waals surface area contributed by atoms with Crippen molar-refractivity contribution in [1.82, 2.24) is 16.0 Å². The fraction of sp³-hybridized carbons (Fsp3) is 0.714. The van der Waals surface area contributed by atoms with Crippen LogP contribution in [-0.2, 0) is 19.2 Å². The Labute approximate surface area is 215 Å². The summed E-state index contributed by atoms with van der Waals surface area (Å²) in [4.78, 5) is 57.4. The number of carboxylic acid groups (broad SMARTS) is 1. The normalized spacial score (nSPS) is 14.9. The lowest BCUT2D eigenvalue weighted by molar-refractivity contribution is -0.143. The van der Waals surface area contributed by atoms with E-state index >= 15 is 0 Å². The minimum atomic E-state index is -1.44. The predicted molar refractivity (Wildman–Crippen MR) is 138 cm³/mol. The Bertz CT molecular complexity index is 825. The number of nitrogens with zero attached hydrogens (tertiary/aromatic N) is 2. The minimum Gasteiger partial charge on any atom is -0.480 e. The summed E-state index contributed by atoms with van der Waals surface area (Å²) in [7, 11) is 0. The second kappa shape index (κ2) is 16.9. The van der Waals surface area contributed by atoms with Crippen molar-refractivity contribution in [3.8, 4) is 0 Å². The number of nitrogens with one attached hydrogen (secondary N) is 3. The van der Waals surface area contributed by atoms with Gasteiger partial charge in [-0.15, -0.1) is 0 Å². The van der Waals surface area contributed by atoms with Gasteiger partial charge in [-0.3, -0.25) is 24.4 Å². The SMILES string of the molecule is CC(C)C(NC(=O)C(CCCN=C(N)N)NC(=O)C(NC(=O)C(N)CCCN=C(N)N)C(C)O)C(=O)O. The van der Waals surface area contributed by atoms with Gasteiger partial charge in [0.25, 0.3) is 0 Å². The Morgan fingerprint density at radius 3 is 1.68 bits per heavy atom. The third kappa shape index (κ3) is 13.9. The van der Waals surface area contributed by atoms with Crippen molar-refractivity contribution < 1.29 is 29.4 Å². The summed E-state index contributed by atoms with van der Waals surface area (Å²) < 4.78 is 0. The average molecular weight is 531 g/mol. The van der Waals surface area contributed by atoms with Crippen LogP contribution in [0.1, 0.15) is 46.5 Å². The summed E-state index contributed by atoms with van der Waals surface area (Å²) in [5.74, 6) is -4.24. The number of aliphatic carboxylic acids is 1. The van der Waals surface area contributed by atoms with Gasteiger partial charge in [0.05, 0.1) is 12.1 Å². The van der Waals surface area contributed by atoms with Crippen molar-refractivity contribution >= 4 is 35.6 Å². The summed E-state index contributed by atoms with van der Waals surface area (Å²) in [5, 5.41) is 26.7. The van der Waals surface area contributed by atoms with Gasteiger partial charge in [0.1, 0.15) is 18.1 Å². The van der Waals surface area contributed by atoms with Crippen LogP contribution in [0.3, 0.4) is 0 Å². The van der Waals surface area contributed by atoms with Gasteiger partial charge in [-0.05, 0) is 38.5 Å². The van der Waals surface area contributed by atoms with Gasteiger partial charge in [-0.25, -0.2) is 4.79 Å². The van der Waals surface area contributed by atoms with Crippen LogP contribution in [0.4, 0.5) is 0 Å². The fourth-order valence-corrected chi connectivity index (χ4v) is 3.12. The molecule has 3 amide bonds. The van der Waals surface area contributed by atoms with Gasteiger partial charge >= 0.3 is 5.97 Å². The summed E-state index contributed by atoms with van der Waals surface area (Å²) >= 11 is 0. The van der Waals surface area contributed by atoms with E-state index in [-0.39, 0.29) is 44.3 Å². The highest BCUT2D eigenvalue weighted by atomic mass is 16.4. The molecule has 0 rings (SSSR count). The predicted octanol–water partition coefficient (Wildman–Crippen LogP) is -4.00. The number of aliphatic imine (C=N–C) groups is 2. The molecule has 0 aromatic heterocycles. The molecule has 0 spiro atoms. The maximum Gasteiger partial charge on any atom is 0.326 e. The highest BCUT2D eigenvalue weighted by Crippen LogP contribution is 2.06. The number of guanidine groups is 2. The molecule has 16 heteroatoms. The molecule has 5 unspecified atom stereocenters. The lowest BCUT2D eigenvalue weighted by atomic mass is 10.0. The van der Waals surface area contributed by atoms with Gasteiger partial charge < -0.3 is 54.8 Å². The number of carbonyl (C=O) groups is 4. The number of hydrogen-bond acceptors (Lipinski definition) is 8. The molecular formula is C21H42N10O6. The Kier molecular flexibility index (Phi) is 15.2. The lowest BCUT2D eigenvalue weighted by Crippen LogP contribution is -2.60. The molecule has 0 aliphatic carbocycles. The third-order valence-electron chi connectivity index (χ3n) is 5.18. The molecule has 0 fully saturated rings. The molecule has 0 aromatic carbocycles. The van der Waals surface area contributed by atoms with Gasteiger partial charge in [-0.1, -0.05) is 13.8 Å². The van der Waals surface area contributed by atoms with E-state index in [1.165, 1.54) is 6.92 Å². The van der Waals surface area contributed by atoms with Crippen molar-refractivity contribution in [2.75, 3.05) is 13.1 Å². The third-order valence-corrected chi connectivity index (χ3v) is 5.18. The monoisotopic (exact) mass is 530 g/mol. The largest absolute Gasteiger partial charge is 0.480 e. The van der Waals surface area contributed by atoms with Crippen LogP contribution in [-0.4, -0.2) is 89.2 Å². The van der Waals surface area contributed by atoms with Crippen LogP contribution in [0.2, 0.25) is 0 Å². The number of amides is 3. The zero-order valence-corrected chi connectivity index (χ0v) is 21.5.